The average molecular weight is 678 g/mol. The van der Waals surface area contributed by atoms with E-state index in [2.05, 4.69) is 194 Å². The summed E-state index contributed by atoms with van der Waals surface area (Å²) in [6.45, 7) is 4.74. The molecule has 1 aliphatic carbocycles. The maximum absolute atomic E-state index is 3.76. The lowest BCUT2D eigenvalue weighted by atomic mass is 9.79. The van der Waals surface area contributed by atoms with Crippen LogP contribution in [0, 0.1) is 0 Å². The molecular weight excluding hydrogens is 644 g/mol. The first-order valence-corrected chi connectivity index (χ1v) is 17.4. The predicted molar refractivity (Wildman–Crippen MR) is 208 cm³/mol. The average Bonchev–Trinajstić information content (AvgIpc) is 3.35. The minimum absolute atomic E-state index is 0.125. The van der Waals surface area contributed by atoms with Crippen LogP contribution in [0.15, 0.2) is 168 Å². The van der Waals surface area contributed by atoms with Gasteiger partial charge in [-0.25, -0.2) is 0 Å². The van der Waals surface area contributed by atoms with Gasteiger partial charge in [0.2, 0.25) is 0 Å². The Bertz CT molecular complexity index is 2490. The first-order valence-electron chi connectivity index (χ1n) is 16.6. The number of fused-ring (bicyclic) bond motifs is 5. The van der Waals surface area contributed by atoms with Gasteiger partial charge in [0, 0.05) is 9.89 Å². The fourth-order valence-electron chi connectivity index (χ4n) is 7.92. The van der Waals surface area contributed by atoms with E-state index in [0.717, 1.165) is 4.47 Å². The van der Waals surface area contributed by atoms with Crippen LogP contribution in [0.1, 0.15) is 25.0 Å². The van der Waals surface area contributed by atoms with Crippen molar-refractivity contribution in [1.29, 1.82) is 0 Å². The molecule has 0 spiro atoms. The van der Waals surface area contributed by atoms with Crippen molar-refractivity contribution >= 4 is 37.5 Å². The summed E-state index contributed by atoms with van der Waals surface area (Å²) in [5, 5.41) is 5.12. The Morgan fingerprint density at radius 3 is 1.29 bits per heavy atom. The van der Waals surface area contributed by atoms with Gasteiger partial charge in [0.1, 0.15) is 0 Å². The SMILES string of the molecule is CC1(C)c2cc(Br)ccc2-c2cc3c(-c4ccc(-c5ccccc5)cc4)c4ccccc4c(-c4ccc(-c5ccccc5)cc4)c3cc21. The molecule has 0 heterocycles. The number of halogens is 1. The molecule has 0 bridgehead atoms. The van der Waals surface area contributed by atoms with E-state index in [1.807, 2.05) is 0 Å². The monoisotopic (exact) mass is 676 g/mol. The van der Waals surface area contributed by atoms with Crippen LogP contribution in [0.2, 0.25) is 0 Å². The van der Waals surface area contributed by atoms with Crippen molar-refractivity contribution in [2.45, 2.75) is 19.3 Å². The number of hydrogen-bond donors (Lipinski definition) is 0. The molecule has 0 N–H and O–H groups in total. The van der Waals surface area contributed by atoms with Gasteiger partial charge in [0.25, 0.3) is 0 Å². The molecule has 0 nitrogen and oxygen atoms in total. The molecule has 0 aromatic heterocycles. The maximum Gasteiger partial charge on any atom is 0.0178 e. The zero-order valence-electron chi connectivity index (χ0n) is 27.0. The maximum atomic E-state index is 3.76. The minimum atomic E-state index is -0.125. The molecule has 0 saturated carbocycles. The van der Waals surface area contributed by atoms with E-state index in [1.54, 1.807) is 0 Å². The summed E-state index contributed by atoms with van der Waals surface area (Å²) in [4.78, 5) is 0. The van der Waals surface area contributed by atoms with Crippen LogP contribution in [0.5, 0.6) is 0 Å². The molecule has 1 heteroatoms. The molecule has 0 saturated heterocycles. The van der Waals surface area contributed by atoms with Gasteiger partial charge in [-0.2, -0.15) is 0 Å². The second kappa shape index (κ2) is 11.2. The molecule has 0 atom stereocenters. The van der Waals surface area contributed by atoms with Crippen molar-refractivity contribution in [3.63, 3.8) is 0 Å². The third-order valence-electron chi connectivity index (χ3n) is 10.3. The fourth-order valence-corrected chi connectivity index (χ4v) is 8.28. The second-order valence-electron chi connectivity index (χ2n) is 13.4. The van der Waals surface area contributed by atoms with Crippen LogP contribution in [0.25, 0.3) is 77.2 Å². The van der Waals surface area contributed by atoms with Crippen molar-refractivity contribution in [2.24, 2.45) is 0 Å². The lowest BCUT2D eigenvalue weighted by molar-refractivity contribution is 0.661. The van der Waals surface area contributed by atoms with Crippen LogP contribution in [0.3, 0.4) is 0 Å². The highest BCUT2D eigenvalue weighted by molar-refractivity contribution is 9.10. The largest absolute Gasteiger partial charge is 0.0622 e. The molecule has 8 aromatic carbocycles. The summed E-state index contributed by atoms with van der Waals surface area (Å²) >= 11 is 3.76. The minimum Gasteiger partial charge on any atom is -0.0622 e. The van der Waals surface area contributed by atoms with Crippen molar-refractivity contribution in [3.05, 3.63) is 179 Å². The fraction of sp³-hybridized carbons (Fsp3) is 0.0638. The molecule has 1 aliphatic rings. The van der Waals surface area contributed by atoms with Gasteiger partial charge in [-0.05, 0) is 113 Å². The third-order valence-corrected chi connectivity index (χ3v) is 10.8. The van der Waals surface area contributed by atoms with Gasteiger partial charge in [-0.1, -0.05) is 169 Å². The van der Waals surface area contributed by atoms with Crippen molar-refractivity contribution < 1.29 is 0 Å². The van der Waals surface area contributed by atoms with Gasteiger partial charge in [-0.3, -0.25) is 0 Å². The lowest BCUT2D eigenvalue weighted by Crippen LogP contribution is -2.15. The van der Waals surface area contributed by atoms with Crippen LogP contribution in [0.4, 0.5) is 0 Å². The summed E-state index contributed by atoms with van der Waals surface area (Å²) in [7, 11) is 0. The molecule has 8 aromatic rings. The van der Waals surface area contributed by atoms with Crippen molar-refractivity contribution in [3.8, 4) is 55.6 Å². The zero-order valence-corrected chi connectivity index (χ0v) is 28.6. The van der Waals surface area contributed by atoms with E-state index < -0.39 is 0 Å². The van der Waals surface area contributed by atoms with E-state index in [-0.39, 0.29) is 5.41 Å². The highest BCUT2D eigenvalue weighted by Gasteiger charge is 2.36. The molecule has 9 rings (SSSR count). The van der Waals surface area contributed by atoms with Crippen LogP contribution < -0.4 is 0 Å². The normalized spacial score (nSPS) is 13.1. The Morgan fingerprint density at radius 2 is 0.771 bits per heavy atom. The number of benzene rings is 8. The molecule has 0 unspecified atom stereocenters. The Hall–Kier alpha value is -5.24. The molecule has 48 heavy (non-hydrogen) atoms. The summed E-state index contributed by atoms with van der Waals surface area (Å²) in [5.41, 5.74) is 15.2. The molecule has 0 aliphatic heterocycles. The van der Waals surface area contributed by atoms with E-state index in [1.165, 1.54) is 88.3 Å². The number of rotatable bonds is 4. The highest BCUT2D eigenvalue weighted by Crippen LogP contribution is 2.53. The smallest absolute Gasteiger partial charge is 0.0178 e. The van der Waals surface area contributed by atoms with E-state index in [9.17, 15) is 0 Å². The third kappa shape index (κ3) is 4.57. The molecule has 0 radical (unpaired) electrons. The molecule has 228 valence electrons. The summed E-state index contributed by atoms with van der Waals surface area (Å²) in [6, 6.07) is 60.3. The van der Waals surface area contributed by atoms with E-state index in [0.29, 0.717) is 0 Å². The zero-order chi connectivity index (χ0) is 32.4. The quantitative estimate of drug-likeness (QED) is 0.163. The van der Waals surface area contributed by atoms with Gasteiger partial charge in [0.15, 0.2) is 0 Å². The molecular formula is C47H33Br. The van der Waals surface area contributed by atoms with Gasteiger partial charge < -0.3 is 0 Å². The highest BCUT2D eigenvalue weighted by atomic mass is 79.9. The lowest BCUT2D eigenvalue weighted by Gasteiger charge is -2.24. The molecule has 0 fully saturated rings. The van der Waals surface area contributed by atoms with Crippen molar-refractivity contribution in [1.82, 2.24) is 0 Å². The Morgan fingerprint density at radius 1 is 0.354 bits per heavy atom. The first-order chi connectivity index (χ1) is 23.5. The predicted octanol–water partition coefficient (Wildman–Crippen LogP) is 13.7. The van der Waals surface area contributed by atoms with Crippen molar-refractivity contribution in [2.75, 3.05) is 0 Å². The topological polar surface area (TPSA) is 0 Å². The Balaban J connectivity index is 1.35. The van der Waals surface area contributed by atoms with E-state index in [4.69, 9.17) is 0 Å². The summed E-state index contributed by atoms with van der Waals surface area (Å²) in [6.07, 6.45) is 0. The number of hydrogen-bond acceptors (Lipinski definition) is 0. The summed E-state index contributed by atoms with van der Waals surface area (Å²) in [5.74, 6) is 0. The van der Waals surface area contributed by atoms with Crippen LogP contribution >= 0.6 is 15.9 Å². The Kier molecular flexibility index (Phi) is 6.74. The van der Waals surface area contributed by atoms with E-state index >= 15 is 0 Å². The first kappa shape index (κ1) is 28.9. The Labute approximate surface area is 290 Å². The standard InChI is InChI=1S/C47H33Br/c1-47(2)43-27-36(48)25-26-37(43)40-28-41-42(29-44(40)47)46(35-23-19-33(20-24-35)31-13-7-4-8-14-31)39-16-10-9-15-38(39)45(41)34-21-17-32(18-22-34)30-11-5-3-6-12-30/h3-29H,1-2H3. The second-order valence-corrected chi connectivity index (χ2v) is 14.4. The summed E-state index contributed by atoms with van der Waals surface area (Å²) < 4.78 is 1.12. The van der Waals surface area contributed by atoms with Gasteiger partial charge >= 0.3 is 0 Å². The molecule has 0 amide bonds. The van der Waals surface area contributed by atoms with Gasteiger partial charge in [0.05, 0.1) is 0 Å². The van der Waals surface area contributed by atoms with Gasteiger partial charge in [-0.15, -0.1) is 0 Å². The van der Waals surface area contributed by atoms with Crippen LogP contribution in [-0.4, -0.2) is 0 Å². The van der Waals surface area contributed by atoms with Crippen LogP contribution in [-0.2, 0) is 5.41 Å².